The van der Waals surface area contributed by atoms with Crippen LogP contribution in [0.1, 0.15) is 62.2 Å². The van der Waals surface area contributed by atoms with Crippen LogP contribution >= 0.6 is 0 Å². The van der Waals surface area contributed by atoms with Crippen LogP contribution in [0.25, 0.3) is 22.4 Å². The number of para-hydroxylation sites is 2. The molecule has 3 aromatic rings. The second-order valence-electron chi connectivity index (χ2n) is 9.70. The molecule has 36 heavy (non-hydrogen) atoms. The molecule has 0 spiro atoms. The maximum atomic E-state index is 13.0. The molecule has 5 N–H and O–H groups in total. The number of hydrogen-bond donors (Lipinski definition) is 3. The van der Waals surface area contributed by atoms with E-state index in [0.717, 1.165) is 32.5 Å². The van der Waals surface area contributed by atoms with Crippen LogP contribution in [0.2, 0.25) is 0 Å². The van der Waals surface area contributed by atoms with Crippen LogP contribution in [0.3, 0.4) is 0 Å². The maximum absolute atomic E-state index is 13.0. The Balaban J connectivity index is 0.000000538. The standard InChI is InChI=1S/C23H25N5O2.C5H13N/c1-23(2)11-6-12-28(23)22(30)15-8-5-7-14(13-15)18(24)19(25)20-21(29)27-17-10-4-3-9-16(17)26-20;1-4-6(3)5-2/h3-5,7-10,13H,6,11-12,24-25H2,1-2H3,(H,27,29);4-5H2,1-3H3/b19-18+;. The number of hydrogen-bond acceptors (Lipinski definition) is 6. The highest BCUT2D eigenvalue weighted by molar-refractivity contribution is 5.97. The molecule has 1 saturated heterocycles. The molecule has 192 valence electrons. The van der Waals surface area contributed by atoms with E-state index in [9.17, 15) is 9.59 Å². The van der Waals surface area contributed by atoms with Crippen LogP contribution in [0.4, 0.5) is 0 Å². The van der Waals surface area contributed by atoms with Crippen molar-refractivity contribution in [2.24, 2.45) is 11.5 Å². The maximum Gasteiger partial charge on any atom is 0.276 e. The van der Waals surface area contributed by atoms with Crippen molar-refractivity contribution >= 4 is 28.3 Å². The monoisotopic (exact) mass is 490 g/mol. The number of nitrogens with two attached hydrogens (primary N) is 2. The van der Waals surface area contributed by atoms with E-state index < -0.39 is 5.56 Å². The van der Waals surface area contributed by atoms with Gasteiger partial charge in [0.15, 0.2) is 5.69 Å². The number of nitrogens with zero attached hydrogens (tertiary/aromatic N) is 3. The largest absolute Gasteiger partial charge is 0.397 e. The normalized spacial score (nSPS) is 15.4. The number of amides is 1. The van der Waals surface area contributed by atoms with E-state index in [1.165, 1.54) is 0 Å². The molecule has 1 aliphatic rings. The van der Waals surface area contributed by atoms with Gasteiger partial charge in [-0.25, -0.2) is 4.98 Å². The zero-order valence-electron chi connectivity index (χ0n) is 22.0. The van der Waals surface area contributed by atoms with Crippen molar-refractivity contribution in [1.82, 2.24) is 19.8 Å². The van der Waals surface area contributed by atoms with Gasteiger partial charge in [0.1, 0.15) is 0 Å². The van der Waals surface area contributed by atoms with E-state index in [0.29, 0.717) is 22.2 Å². The van der Waals surface area contributed by atoms with Crippen molar-refractivity contribution in [2.45, 2.75) is 46.1 Å². The number of nitrogens with one attached hydrogen (secondary N) is 1. The first-order chi connectivity index (χ1) is 17.1. The van der Waals surface area contributed by atoms with E-state index >= 15 is 0 Å². The third-order valence-electron chi connectivity index (χ3n) is 6.79. The molecule has 0 atom stereocenters. The number of fused-ring (bicyclic) bond motifs is 1. The van der Waals surface area contributed by atoms with Gasteiger partial charge in [-0.05, 0) is 71.1 Å². The van der Waals surface area contributed by atoms with E-state index in [2.05, 4.69) is 49.6 Å². The highest BCUT2D eigenvalue weighted by Gasteiger charge is 2.35. The highest BCUT2D eigenvalue weighted by atomic mass is 16.2. The summed E-state index contributed by atoms with van der Waals surface area (Å²) in [7, 11) is 2.11. The molecule has 0 unspecified atom stereocenters. The van der Waals surface area contributed by atoms with Crippen LogP contribution < -0.4 is 17.0 Å². The third kappa shape index (κ3) is 5.94. The first kappa shape index (κ1) is 26.9. The predicted molar refractivity (Wildman–Crippen MR) is 147 cm³/mol. The fraction of sp³-hybridized carbons (Fsp3) is 0.393. The molecule has 1 aliphatic heterocycles. The number of rotatable bonds is 5. The Bertz CT molecular complexity index is 1310. The number of likely N-dealkylation sites (tertiary alicyclic amines) is 1. The lowest BCUT2D eigenvalue weighted by Crippen LogP contribution is -2.42. The van der Waals surface area contributed by atoms with Crippen molar-refractivity contribution in [1.29, 1.82) is 0 Å². The number of carbonyl (C=O) groups is 1. The molecular weight excluding hydrogens is 452 g/mol. The summed E-state index contributed by atoms with van der Waals surface area (Å²) < 4.78 is 0. The minimum Gasteiger partial charge on any atom is -0.397 e. The molecule has 2 aromatic carbocycles. The molecule has 4 rings (SSSR count). The summed E-state index contributed by atoms with van der Waals surface area (Å²) in [6, 6.07) is 14.2. The summed E-state index contributed by atoms with van der Waals surface area (Å²) in [6.45, 7) is 11.5. The molecule has 0 saturated carbocycles. The highest BCUT2D eigenvalue weighted by Crippen LogP contribution is 2.30. The second kappa shape index (κ2) is 11.4. The van der Waals surface area contributed by atoms with Gasteiger partial charge in [-0.3, -0.25) is 9.59 Å². The Morgan fingerprint density at radius 3 is 2.33 bits per heavy atom. The predicted octanol–water partition coefficient (Wildman–Crippen LogP) is 3.64. The van der Waals surface area contributed by atoms with Crippen LogP contribution in [0.5, 0.6) is 0 Å². The number of aromatic nitrogens is 2. The van der Waals surface area contributed by atoms with Crippen molar-refractivity contribution < 1.29 is 4.79 Å². The first-order valence-corrected chi connectivity index (χ1v) is 12.4. The molecule has 1 fully saturated rings. The van der Waals surface area contributed by atoms with Gasteiger partial charge in [0.2, 0.25) is 0 Å². The fourth-order valence-electron chi connectivity index (χ4n) is 4.18. The van der Waals surface area contributed by atoms with E-state index in [1.54, 1.807) is 36.4 Å². The second-order valence-corrected chi connectivity index (χ2v) is 9.70. The minimum absolute atomic E-state index is 0.0348. The van der Waals surface area contributed by atoms with Crippen molar-refractivity contribution in [3.05, 3.63) is 75.7 Å². The average molecular weight is 491 g/mol. The number of benzene rings is 2. The van der Waals surface area contributed by atoms with Gasteiger partial charge in [0.05, 0.1) is 22.4 Å². The Morgan fingerprint density at radius 1 is 1.06 bits per heavy atom. The molecule has 8 heteroatoms. The van der Waals surface area contributed by atoms with Crippen LogP contribution in [0.15, 0.2) is 53.3 Å². The average Bonchev–Trinajstić information content (AvgIpc) is 3.25. The van der Waals surface area contributed by atoms with Crippen molar-refractivity contribution in [3.8, 4) is 0 Å². The molecule has 1 amide bonds. The van der Waals surface area contributed by atoms with Gasteiger partial charge < -0.3 is 26.3 Å². The smallest absolute Gasteiger partial charge is 0.276 e. The van der Waals surface area contributed by atoms with Crippen molar-refractivity contribution in [3.63, 3.8) is 0 Å². The van der Waals surface area contributed by atoms with Gasteiger partial charge >= 0.3 is 0 Å². The lowest BCUT2D eigenvalue weighted by atomic mass is 10.0. The van der Waals surface area contributed by atoms with Gasteiger partial charge in [-0.2, -0.15) is 0 Å². The van der Waals surface area contributed by atoms with Crippen molar-refractivity contribution in [2.75, 3.05) is 26.7 Å². The molecular formula is C28H38N6O2. The third-order valence-corrected chi connectivity index (χ3v) is 6.79. The first-order valence-electron chi connectivity index (χ1n) is 12.4. The summed E-state index contributed by atoms with van der Waals surface area (Å²) in [4.78, 5) is 36.8. The Hall–Kier alpha value is -3.65. The SMILES string of the molecule is CC1(C)CCCN1C(=O)c1cccc(/C(N)=C(\N)c2nc3ccccc3[nH]c2=O)c1.CCN(C)CC. The molecule has 0 aliphatic carbocycles. The molecule has 2 heterocycles. The van der Waals surface area contributed by atoms with Crippen LogP contribution in [-0.4, -0.2) is 57.9 Å². The van der Waals surface area contributed by atoms with E-state index in [-0.39, 0.29) is 28.5 Å². The molecule has 1 aromatic heterocycles. The molecule has 0 radical (unpaired) electrons. The fourth-order valence-corrected chi connectivity index (χ4v) is 4.18. The van der Waals surface area contributed by atoms with E-state index in [1.807, 2.05) is 17.0 Å². The summed E-state index contributed by atoms with van der Waals surface area (Å²) in [5.74, 6) is -0.0348. The summed E-state index contributed by atoms with van der Waals surface area (Å²) in [5, 5.41) is 0. The zero-order valence-corrected chi connectivity index (χ0v) is 22.0. The Labute approximate surface area is 213 Å². The zero-order chi connectivity index (χ0) is 26.5. The summed E-state index contributed by atoms with van der Waals surface area (Å²) >= 11 is 0. The molecule has 8 nitrogen and oxygen atoms in total. The lowest BCUT2D eigenvalue weighted by molar-refractivity contribution is 0.0652. The quantitative estimate of drug-likeness (QED) is 0.502. The Kier molecular flexibility index (Phi) is 8.53. The van der Waals surface area contributed by atoms with Gasteiger partial charge in [0, 0.05) is 23.2 Å². The lowest BCUT2D eigenvalue weighted by Gasteiger charge is -2.31. The number of carbonyl (C=O) groups excluding carboxylic acids is 1. The topological polar surface area (TPSA) is 121 Å². The number of aromatic amines is 1. The minimum atomic E-state index is -0.416. The molecule has 0 bridgehead atoms. The summed E-state index contributed by atoms with van der Waals surface area (Å²) in [6.07, 6.45) is 1.97. The van der Waals surface area contributed by atoms with Gasteiger partial charge in [0.25, 0.3) is 11.5 Å². The van der Waals surface area contributed by atoms with Crippen LogP contribution in [0, 0.1) is 0 Å². The summed E-state index contributed by atoms with van der Waals surface area (Å²) in [5.41, 5.74) is 14.6. The van der Waals surface area contributed by atoms with Gasteiger partial charge in [-0.15, -0.1) is 0 Å². The van der Waals surface area contributed by atoms with Gasteiger partial charge in [-0.1, -0.05) is 38.1 Å². The number of H-pyrrole nitrogens is 1. The van der Waals surface area contributed by atoms with Crippen LogP contribution in [-0.2, 0) is 0 Å². The Morgan fingerprint density at radius 2 is 1.72 bits per heavy atom. The van der Waals surface area contributed by atoms with E-state index in [4.69, 9.17) is 11.5 Å².